The predicted octanol–water partition coefficient (Wildman–Crippen LogP) is 4.23. The van der Waals surface area contributed by atoms with Gasteiger partial charge in [0.1, 0.15) is 6.54 Å². The third-order valence-electron chi connectivity index (χ3n) is 4.15. The molecule has 0 saturated carbocycles. The summed E-state index contributed by atoms with van der Waals surface area (Å²) in [6.45, 7) is 2.57. The van der Waals surface area contributed by atoms with Crippen LogP contribution in [0.4, 0.5) is 0 Å². The number of nitrogens with one attached hydrogen (secondary N) is 1. The number of carbonyl (C=O) groups excluding carboxylic acids is 1. The fraction of sp³-hybridized carbons (Fsp3) is 0.211. The molecule has 1 aromatic heterocycles. The van der Waals surface area contributed by atoms with Crippen molar-refractivity contribution in [1.29, 1.82) is 0 Å². The molecule has 0 aliphatic rings. The maximum atomic E-state index is 12.7. The van der Waals surface area contributed by atoms with Crippen LogP contribution < -0.4 is 0 Å². The van der Waals surface area contributed by atoms with Gasteiger partial charge in [0.25, 0.3) is 0 Å². The first-order chi connectivity index (χ1) is 12.5. The lowest BCUT2D eigenvalue weighted by Gasteiger charge is -2.18. The van der Waals surface area contributed by atoms with E-state index >= 15 is 0 Å². The van der Waals surface area contributed by atoms with Crippen LogP contribution in [0, 0.1) is 11.7 Å². The number of hydrogen-bond acceptors (Lipinski definition) is 3. The summed E-state index contributed by atoms with van der Waals surface area (Å²) in [4.78, 5) is 14.3. The molecule has 7 heteroatoms. The molecule has 0 saturated heterocycles. The van der Waals surface area contributed by atoms with Gasteiger partial charge in [-0.2, -0.15) is 5.10 Å². The molecule has 5 nitrogen and oxygen atoms in total. The van der Waals surface area contributed by atoms with Gasteiger partial charge in [0, 0.05) is 24.2 Å². The Labute approximate surface area is 162 Å². The van der Waals surface area contributed by atoms with Crippen LogP contribution in [0.25, 0.3) is 11.4 Å². The number of aromatic nitrogens is 3. The van der Waals surface area contributed by atoms with Crippen molar-refractivity contribution in [3.05, 3.63) is 69.5 Å². The van der Waals surface area contributed by atoms with Crippen molar-refractivity contribution >= 4 is 29.7 Å². The number of aromatic amines is 1. The minimum absolute atomic E-state index is 0.0734. The zero-order valence-corrected chi connectivity index (χ0v) is 16.1. The van der Waals surface area contributed by atoms with E-state index in [0.29, 0.717) is 22.2 Å². The number of halogens is 1. The second kappa shape index (κ2) is 7.85. The number of aryl methyl sites for hydroxylation is 1. The first-order valence-corrected chi connectivity index (χ1v) is 8.94. The monoisotopic (exact) mass is 386 g/mol. The van der Waals surface area contributed by atoms with Crippen LogP contribution in [0.1, 0.15) is 11.1 Å². The van der Waals surface area contributed by atoms with E-state index in [-0.39, 0.29) is 12.5 Å². The van der Waals surface area contributed by atoms with Crippen LogP contribution in [0.3, 0.4) is 0 Å². The Morgan fingerprint density at radius 2 is 1.92 bits per heavy atom. The summed E-state index contributed by atoms with van der Waals surface area (Å²) in [6, 6.07) is 15.4. The highest BCUT2D eigenvalue weighted by atomic mass is 35.5. The quantitative estimate of drug-likeness (QED) is 0.667. The van der Waals surface area contributed by atoms with Crippen molar-refractivity contribution in [1.82, 2.24) is 19.7 Å². The summed E-state index contributed by atoms with van der Waals surface area (Å²) in [5, 5.41) is 7.70. The molecule has 1 amide bonds. The first kappa shape index (κ1) is 18.4. The highest BCUT2D eigenvalue weighted by molar-refractivity contribution is 7.71. The summed E-state index contributed by atoms with van der Waals surface area (Å²) in [6.07, 6.45) is 0. The van der Waals surface area contributed by atoms with Gasteiger partial charge in [0.05, 0.1) is 0 Å². The molecule has 2 aromatic carbocycles. The Morgan fingerprint density at radius 1 is 1.23 bits per heavy atom. The smallest absolute Gasteiger partial charge is 0.242 e. The average molecular weight is 387 g/mol. The fourth-order valence-corrected chi connectivity index (χ4v) is 3.01. The van der Waals surface area contributed by atoms with Crippen LogP contribution in [0.5, 0.6) is 0 Å². The second-order valence-electron chi connectivity index (χ2n) is 6.15. The van der Waals surface area contributed by atoms with Crippen molar-refractivity contribution in [3.8, 4) is 11.4 Å². The number of hydrogen-bond donors (Lipinski definition) is 1. The molecule has 0 fully saturated rings. The number of benzene rings is 2. The zero-order chi connectivity index (χ0) is 18.7. The van der Waals surface area contributed by atoms with Gasteiger partial charge in [-0.1, -0.05) is 59.6 Å². The van der Waals surface area contributed by atoms with Gasteiger partial charge >= 0.3 is 0 Å². The minimum atomic E-state index is -0.0734. The van der Waals surface area contributed by atoms with E-state index < -0.39 is 0 Å². The molecule has 26 heavy (non-hydrogen) atoms. The Balaban J connectivity index is 1.79. The minimum Gasteiger partial charge on any atom is -0.340 e. The summed E-state index contributed by atoms with van der Waals surface area (Å²) in [5.41, 5.74) is 2.97. The predicted molar refractivity (Wildman–Crippen MR) is 106 cm³/mol. The van der Waals surface area contributed by atoms with E-state index in [4.69, 9.17) is 23.8 Å². The van der Waals surface area contributed by atoms with Crippen LogP contribution in [0.15, 0.2) is 48.5 Å². The topological polar surface area (TPSA) is 53.9 Å². The molecule has 1 heterocycles. The Hall–Kier alpha value is -2.44. The van der Waals surface area contributed by atoms with E-state index in [1.54, 1.807) is 16.5 Å². The maximum absolute atomic E-state index is 12.7. The van der Waals surface area contributed by atoms with Gasteiger partial charge in [-0.25, -0.2) is 0 Å². The number of rotatable bonds is 5. The van der Waals surface area contributed by atoms with Gasteiger partial charge < -0.3 is 4.90 Å². The van der Waals surface area contributed by atoms with Crippen LogP contribution in [-0.4, -0.2) is 32.6 Å². The highest BCUT2D eigenvalue weighted by Gasteiger charge is 2.16. The first-order valence-electron chi connectivity index (χ1n) is 8.15. The summed E-state index contributed by atoms with van der Waals surface area (Å²) in [7, 11) is 1.75. The lowest BCUT2D eigenvalue weighted by molar-refractivity contribution is -0.131. The van der Waals surface area contributed by atoms with Gasteiger partial charge in [0.2, 0.25) is 5.91 Å². The Bertz CT molecular complexity index is 978. The van der Waals surface area contributed by atoms with Crippen LogP contribution in [-0.2, 0) is 17.9 Å². The van der Waals surface area contributed by atoms with Gasteiger partial charge in [-0.05, 0) is 30.8 Å². The normalized spacial score (nSPS) is 10.7. The molecule has 0 bridgehead atoms. The summed E-state index contributed by atoms with van der Waals surface area (Å²) in [5.74, 6) is 0.574. The number of carbonyl (C=O) groups is 1. The number of amides is 1. The molecular formula is C19H19ClN4OS. The molecule has 0 atom stereocenters. The maximum Gasteiger partial charge on any atom is 0.242 e. The zero-order valence-electron chi connectivity index (χ0n) is 14.6. The molecule has 0 aliphatic carbocycles. The van der Waals surface area contributed by atoms with Crippen molar-refractivity contribution in [3.63, 3.8) is 0 Å². The van der Waals surface area contributed by atoms with E-state index in [1.165, 1.54) is 0 Å². The molecule has 0 radical (unpaired) electrons. The molecule has 1 N–H and O–H groups in total. The summed E-state index contributed by atoms with van der Waals surface area (Å²) >= 11 is 11.5. The van der Waals surface area contributed by atoms with Gasteiger partial charge in [0.15, 0.2) is 10.6 Å². The van der Waals surface area contributed by atoms with E-state index in [9.17, 15) is 4.79 Å². The number of H-pyrrole nitrogens is 1. The van der Waals surface area contributed by atoms with Gasteiger partial charge in [-0.3, -0.25) is 14.5 Å². The van der Waals surface area contributed by atoms with E-state index in [0.717, 1.165) is 16.7 Å². The second-order valence-corrected chi connectivity index (χ2v) is 6.94. The van der Waals surface area contributed by atoms with Crippen molar-refractivity contribution < 1.29 is 4.79 Å². The molecule has 0 spiro atoms. The van der Waals surface area contributed by atoms with Crippen LogP contribution in [0.2, 0.25) is 5.02 Å². The average Bonchev–Trinajstić information content (AvgIpc) is 2.98. The molecule has 0 unspecified atom stereocenters. The molecule has 134 valence electrons. The van der Waals surface area contributed by atoms with E-state index in [1.807, 2.05) is 55.5 Å². The SMILES string of the molecule is Cc1ccc(-c2n[nH]c(=S)n2CC(=O)N(C)Cc2ccccc2Cl)cc1. The van der Waals surface area contributed by atoms with Crippen LogP contribution >= 0.6 is 23.8 Å². The standard InChI is InChI=1S/C19H19ClN4OS/c1-13-7-9-14(10-8-13)18-21-22-19(26)24(18)12-17(25)23(2)11-15-5-3-4-6-16(15)20/h3-10H,11-12H2,1-2H3,(H,22,26). The molecule has 3 rings (SSSR count). The lowest BCUT2D eigenvalue weighted by atomic mass is 10.1. The number of nitrogens with zero attached hydrogens (tertiary/aromatic N) is 3. The molecule has 3 aromatic rings. The third-order valence-corrected chi connectivity index (χ3v) is 4.83. The highest BCUT2D eigenvalue weighted by Crippen LogP contribution is 2.19. The lowest BCUT2D eigenvalue weighted by Crippen LogP contribution is -2.30. The van der Waals surface area contributed by atoms with Crippen molar-refractivity contribution in [2.75, 3.05) is 7.05 Å². The number of likely N-dealkylation sites (N-methyl/N-ethyl adjacent to an activating group) is 1. The fourth-order valence-electron chi connectivity index (χ4n) is 2.61. The third kappa shape index (κ3) is 4.03. The van der Waals surface area contributed by atoms with Gasteiger partial charge in [-0.15, -0.1) is 0 Å². The van der Waals surface area contributed by atoms with Crippen molar-refractivity contribution in [2.45, 2.75) is 20.0 Å². The largest absolute Gasteiger partial charge is 0.340 e. The Kier molecular flexibility index (Phi) is 5.54. The Morgan fingerprint density at radius 3 is 2.62 bits per heavy atom. The molecule has 0 aliphatic heterocycles. The summed E-state index contributed by atoms with van der Waals surface area (Å²) < 4.78 is 2.13. The van der Waals surface area contributed by atoms with E-state index in [2.05, 4.69) is 10.2 Å². The van der Waals surface area contributed by atoms with Crippen molar-refractivity contribution in [2.24, 2.45) is 0 Å². The molecular weight excluding hydrogens is 368 g/mol.